The molecule has 104 valence electrons. The van der Waals surface area contributed by atoms with Crippen LogP contribution in [0.5, 0.6) is 0 Å². The van der Waals surface area contributed by atoms with E-state index in [-0.39, 0.29) is 5.95 Å². The number of nitrogens with two attached hydrogens (primary N) is 1. The van der Waals surface area contributed by atoms with Gasteiger partial charge >= 0.3 is 0 Å². The van der Waals surface area contributed by atoms with Crippen molar-refractivity contribution >= 4 is 28.0 Å². The summed E-state index contributed by atoms with van der Waals surface area (Å²) in [6, 6.07) is 8.04. The quantitative estimate of drug-likeness (QED) is 0.578. The molecular weight excluding hydrogens is 266 g/mol. The van der Waals surface area contributed by atoms with Gasteiger partial charge in [0.2, 0.25) is 5.95 Å². The zero-order valence-corrected chi connectivity index (χ0v) is 11.4. The van der Waals surface area contributed by atoms with E-state index in [1.165, 1.54) is 0 Å². The monoisotopic (exact) mass is 279 g/mol. The smallest absolute Gasteiger partial charge is 0.222 e. The summed E-state index contributed by atoms with van der Waals surface area (Å²) in [7, 11) is 2.00. The van der Waals surface area contributed by atoms with Crippen LogP contribution >= 0.6 is 0 Å². The lowest BCUT2D eigenvalue weighted by molar-refractivity contribution is 0.835. The molecule has 1 aromatic carbocycles. The molecule has 0 atom stereocenters. The van der Waals surface area contributed by atoms with Crippen LogP contribution < -0.4 is 5.73 Å². The van der Waals surface area contributed by atoms with E-state index in [0.29, 0.717) is 12.1 Å². The van der Waals surface area contributed by atoms with Crippen LogP contribution in [0.2, 0.25) is 0 Å². The number of aromatic amines is 1. The Hall–Kier alpha value is -2.96. The van der Waals surface area contributed by atoms with Crippen LogP contribution in [0.4, 0.5) is 5.95 Å². The molecule has 7 nitrogen and oxygen atoms in total. The molecule has 0 radical (unpaired) electrons. The largest absolute Gasteiger partial charge is 0.368 e. The number of rotatable bonds is 2. The molecular formula is C14H13N7. The number of nitrogens with one attached hydrogen (secondary N) is 1. The third-order valence-electron chi connectivity index (χ3n) is 3.61. The first-order valence-corrected chi connectivity index (χ1v) is 6.58. The molecule has 0 spiro atoms. The Morgan fingerprint density at radius 2 is 2.05 bits per heavy atom. The van der Waals surface area contributed by atoms with Gasteiger partial charge in [-0.2, -0.15) is 10.1 Å². The molecule has 0 fully saturated rings. The van der Waals surface area contributed by atoms with Crippen molar-refractivity contribution in [1.82, 2.24) is 29.7 Å². The molecule has 0 unspecified atom stereocenters. The van der Waals surface area contributed by atoms with Crippen LogP contribution in [0.25, 0.3) is 22.1 Å². The predicted octanol–water partition coefficient (Wildman–Crippen LogP) is 1.41. The van der Waals surface area contributed by atoms with Gasteiger partial charge in [0.15, 0.2) is 5.65 Å². The van der Waals surface area contributed by atoms with Crippen molar-refractivity contribution in [1.29, 1.82) is 0 Å². The average Bonchev–Trinajstić information content (AvgIpc) is 3.05. The normalized spacial score (nSPS) is 11.5. The van der Waals surface area contributed by atoms with Gasteiger partial charge in [0.05, 0.1) is 28.3 Å². The number of imidazole rings is 1. The summed E-state index contributed by atoms with van der Waals surface area (Å²) in [4.78, 5) is 13.1. The molecule has 3 aromatic heterocycles. The van der Waals surface area contributed by atoms with Crippen LogP contribution in [-0.2, 0) is 13.5 Å². The number of nitrogens with zero attached hydrogens (tertiary/aromatic N) is 5. The van der Waals surface area contributed by atoms with Gasteiger partial charge in [-0.1, -0.05) is 12.1 Å². The minimum atomic E-state index is 0.237. The Morgan fingerprint density at radius 3 is 2.90 bits per heavy atom. The highest BCUT2D eigenvalue weighted by molar-refractivity contribution is 5.79. The number of aryl methyl sites for hydroxylation is 1. The average molecular weight is 279 g/mol. The lowest BCUT2D eigenvalue weighted by atomic mass is 10.2. The Kier molecular flexibility index (Phi) is 2.41. The Balaban J connectivity index is 1.86. The maximum atomic E-state index is 5.75. The zero-order chi connectivity index (χ0) is 14.4. The van der Waals surface area contributed by atoms with E-state index >= 15 is 0 Å². The summed E-state index contributed by atoms with van der Waals surface area (Å²) in [5, 5.41) is 7.69. The number of fused-ring (bicyclic) bond motifs is 2. The van der Waals surface area contributed by atoms with E-state index < -0.39 is 0 Å². The molecule has 7 heteroatoms. The zero-order valence-electron chi connectivity index (χ0n) is 11.4. The highest BCUT2D eigenvalue weighted by Gasteiger charge is 2.13. The predicted molar refractivity (Wildman–Crippen MR) is 79.6 cm³/mol. The van der Waals surface area contributed by atoms with Crippen LogP contribution in [0.3, 0.4) is 0 Å². The minimum Gasteiger partial charge on any atom is -0.368 e. The molecule has 0 aliphatic carbocycles. The van der Waals surface area contributed by atoms with Gasteiger partial charge in [-0.15, -0.1) is 0 Å². The number of hydrogen-bond acceptors (Lipinski definition) is 5. The standard InChI is InChI=1S/C14H13N7/c1-21-11-5-3-2-4-9(11)17-12(21)6-10-8-7-16-20-13(8)19-14(15)18-10/h2-5,7H,6H2,1H3,(H3,15,16,18,19,20). The van der Waals surface area contributed by atoms with Crippen LogP contribution in [0, 0.1) is 0 Å². The second-order valence-electron chi connectivity index (χ2n) is 4.91. The molecule has 4 aromatic rings. The van der Waals surface area contributed by atoms with E-state index in [1.54, 1.807) is 6.20 Å². The Labute approximate surface area is 119 Å². The summed E-state index contributed by atoms with van der Waals surface area (Å²) >= 11 is 0. The maximum absolute atomic E-state index is 5.75. The Bertz CT molecular complexity index is 950. The van der Waals surface area contributed by atoms with E-state index in [9.17, 15) is 0 Å². The number of H-pyrrole nitrogens is 1. The fraction of sp³-hybridized carbons (Fsp3) is 0.143. The van der Waals surface area contributed by atoms with Gasteiger partial charge in [-0.3, -0.25) is 5.10 Å². The topological polar surface area (TPSA) is 98.3 Å². The van der Waals surface area contributed by atoms with Gasteiger partial charge in [-0.25, -0.2) is 9.97 Å². The maximum Gasteiger partial charge on any atom is 0.222 e. The number of hydrogen-bond donors (Lipinski definition) is 2. The van der Waals surface area contributed by atoms with Crippen LogP contribution in [-0.4, -0.2) is 29.7 Å². The second-order valence-corrected chi connectivity index (χ2v) is 4.91. The number of aromatic nitrogens is 6. The Morgan fingerprint density at radius 1 is 1.19 bits per heavy atom. The van der Waals surface area contributed by atoms with Crippen molar-refractivity contribution in [2.75, 3.05) is 5.73 Å². The summed E-state index contributed by atoms with van der Waals surface area (Å²) in [5.74, 6) is 1.16. The number of anilines is 1. The highest BCUT2D eigenvalue weighted by atomic mass is 15.2. The summed E-state index contributed by atoms with van der Waals surface area (Å²) in [6.45, 7) is 0. The van der Waals surface area contributed by atoms with Crippen LogP contribution in [0.15, 0.2) is 30.5 Å². The summed E-state index contributed by atoms with van der Waals surface area (Å²) in [6.07, 6.45) is 2.29. The van der Waals surface area contributed by atoms with Crippen molar-refractivity contribution < 1.29 is 0 Å². The fourth-order valence-corrected chi connectivity index (χ4v) is 2.55. The first-order chi connectivity index (χ1) is 10.2. The SMILES string of the molecule is Cn1c(Cc2nc(N)nc3[nH]ncc23)nc2ccccc21. The summed E-state index contributed by atoms with van der Waals surface area (Å²) < 4.78 is 2.07. The molecule has 0 bridgehead atoms. The first-order valence-electron chi connectivity index (χ1n) is 6.58. The molecule has 0 aliphatic heterocycles. The molecule has 0 aliphatic rings. The van der Waals surface area contributed by atoms with E-state index in [2.05, 4.69) is 29.7 Å². The third kappa shape index (κ3) is 1.82. The summed E-state index contributed by atoms with van der Waals surface area (Å²) in [5.41, 5.74) is 9.29. The molecule has 0 amide bonds. The van der Waals surface area contributed by atoms with Gasteiger partial charge in [0.1, 0.15) is 5.82 Å². The van der Waals surface area contributed by atoms with Crippen LogP contribution in [0.1, 0.15) is 11.5 Å². The van der Waals surface area contributed by atoms with E-state index in [4.69, 9.17) is 5.73 Å². The number of para-hydroxylation sites is 2. The van der Waals surface area contributed by atoms with Crippen molar-refractivity contribution in [3.8, 4) is 0 Å². The van der Waals surface area contributed by atoms with Crippen molar-refractivity contribution in [3.63, 3.8) is 0 Å². The minimum absolute atomic E-state index is 0.237. The van der Waals surface area contributed by atoms with Crippen molar-refractivity contribution in [2.45, 2.75) is 6.42 Å². The third-order valence-corrected chi connectivity index (χ3v) is 3.61. The molecule has 0 saturated heterocycles. The first kappa shape index (κ1) is 11.8. The molecule has 3 heterocycles. The number of nitrogen functional groups attached to an aromatic ring is 1. The van der Waals surface area contributed by atoms with Gasteiger partial charge in [-0.05, 0) is 12.1 Å². The van der Waals surface area contributed by atoms with Gasteiger partial charge in [0, 0.05) is 13.5 Å². The second kappa shape index (κ2) is 4.27. The highest BCUT2D eigenvalue weighted by Crippen LogP contribution is 2.20. The van der Waals surface area contributed by atoms with Gasteiger partial charge in [0.25, 0.3) is 0 Å². The van der Waals surface area contributed by atoms with Crippen molar-refractivity contribution in [2.24, 2.45) is 7.05 Å². The van der Waals surface area contributed by atoms with E-state index in [0.717, 1.165) is 27.9 Å². The van der Waals surface area contributed by atoms with Gasteiger partial charge < -0.3 is 10.3 Å². The van der Waals surface area contributed by atoms with Crippen molar-refractivity contribution in [3.05, 3.63) is 42.0 Å². The lowest BCUT2D eigenvalue weighted by Crippen LogP contribution is -2.04. The molecule has 4 rings (SSSR count). The van der Waals surface area contributed by atoms with E-state index in [1.807, 2.05) is 31.3 Å². The lowest BCUT2D eigenvalue weighted by Gasteiger charge is -2.04. The fourth-order valence-electron chi connectivity index (χ4n) is 2.55. The molecule has 21 heavy (non-hydrogen) atoms. The molecule has 0 saturated carbocycles. The molecule has 3 N–H and O–H groups in total. The number of benzene rings is 1.